The van der Waals surface area contributed by atoms with Crippen molar-refractivity contribution >= 4 is 0 Å². The molecular weight excluding hydrogens is 248 g/mol. The zero-order valence-corrected chi connectivity index (χ0v) is 12.5. The Labute approximate surface area is 122 Å². The molecule has 0 amide bonds. The van der Waals surface area contributed by atoms with E-state index >= 15 is 0 Å². The van der Waals surface area contributed by atoms with Gasteiger partial charge >= 0.3 is 0 Å². The van der Waals surface area contributed by atoms with Crippen molar-refractivity contribution in [3.63, 3.8) is 0 Å². The highest BCUT2D eigenvalue weighted by Gasteiger charge is 2.22. The minimum atomic E-state index is 0.417. The number of ether oxygens (including phenoxy) is 1. The predicted molar refractivity (Wildman–Crippen MR) is 81.6 cm³/mol. The van der Waals surface area contributed by atoms with E-state index in [1.165, 1.54) is 24.0 Å². The quantitative estimate of drug-likeness (QED) is 0.863. The first kappa shape index (κ1) is 14.1. The lowest BCUT2D eigenvalue weighted by Crippen LogP contribution is -2.41. The van der Waals surface area contributed by atoms with Crippen LogP contribution >= 0.6 is 0 Å². The summed E-state index contributed by atoms with van der Waals surface area (Å²) in [4.78, 5) is 2.54. The summed E-state index contributed by atoms with van der Waals surface area (Å²) < 4.78 is 5.76. The van der Waals surface area contributed by atoms with Gasteiger partial charge in [0.05, 0.1) is 12.7 Å². The number of benzene rings is 1. The lowest BCUT2D eigenvalue weighted by molar-refractivity contribution is -0.0325. The fraction of sp³-hybridized carbons (Fsp3) is 0.647. The van der Waals surface area contributed by atoms with Gasteiger partial charge in [-0.05, 0) is 30.4 Å². The molecular formula is C17H26N2O. The molecule has 0 spiro atoms. The minimum absolute atomic E-state index is 0.417. The smallest absolute Gasteiger partial charge is 0.0700 e. The summed E-state index contributed by atoms with van der Waals surface area (Å²) in [5.74, 6) is 0. The first-order valence-electron chi connectivity index (χ1n) is 7.99. The van der Waals surface area contributed by atoms with Crippen LogP contribution in [0.5, 0.6) is 0 Å². The molecule has 1 aromatic carbocycles. The summed E-state index contributed by atoms with van der Waals surface area (Å²) in [6, 6.07) is 9.63. The lowest BCUT2D eigenvalue weighted by Gasteiger charge is -2.33. The normalized spacial score (nSPS) is 23.9. The van der Waals surface area contributed by atoms with Gasteiger partial charge < -0.3 is 10.1 Å². The molecule has 1 saturated carbocycles. The number of rotatable bonds is 6. The average Bonchev–Trinajstić information content (AvgIpc) is 3.31. The standard InChI is InChI=1S/C17H26N2O/c1-2-17-13-19(9-10-20-17)12-15-6-4-3-5-14(15)11-18-16-7-8-16/h3-6,16-18H,2,7-13H2,1H3. The van der Waals surface area contributed by atoms with E-state index in [-0.39, 0.29) is 0 Å². The van der Waals surface area contributed by atoms with Crippen molar-refractivity contribution in [2.24, 2.45) is 0 Å². The van der Waals surface area contributed by atoms with Crippen LogP contribution in [0.3, 0.4) is 0 Å². The van der Waals surface area contributed by atoms with Crippen LogP contribution in [0.2, 0.25) is 0 Å². The number of hydrogen-bond donors (Lipinski definition) is 1. The SMILES string of the molecule is CCC1CN(Cc2ccccc2CNC2CC2)CCO1. The fourth-order valence-electron chi connectivity index (χ4n) is 2.84. The topological polar surface area (TPSA) is 24.5 Å². The lowest BCUT2D eigenvalue weighted by atomic mass is 10.1. The van der Waals surface area contributed by atoms with E-state index in [9.17, 15) is 0 Å². The van der Waals surface area contributed by atoms with Gasteiger partial charge in [-0.2, -0.15) is 0 Å². The zero-order chi connectivity index (χ0) is 13.8. The molecule has 3 rings (SSSR count). The third kappa shape index (κ3) is 3.81. The second-order valence-electron chi connectivity index (χ2n) is 6.06. The van der Waals surface area contributed by atoms with Gasteiger partial charge in [0.1, 0.15) is 0 Å². The number of hydrogen-bond acceptors (Lipinski definition) is 3. The Balaban J connectivity index is 1.60. The van der Waals surface area contributed by atoms with Crippen LogP contribution in [0.25, 0.3) is 0 Å². The molecule has 0 radical (unpaired) electrons. The molecule has 1 saturated heterocycles. The molecule has 2 fully saturated rings. The van der Waals surface area contributed by atoms with Gasteiger partial charge in [0.25, 0.3) is 0 Å². The van der Waals surface area contributed by atoms with Crippen LogP contribution in [0.1, 0.15) is 37.3 Å². The van der Waals surface area contributed by atoms with Crippen molar-refractivity contribution in [2.45, 2.75) is 51.4 Å². The van der Waals surface area contributed by atoms with Crippen LogP contribution in [-0.2, 0) is 17.8 Å². The van der Waals surface area contributed by atoms with Gasteiger partial charge in [0, 0.05) is 32.2 Å². The Kier molecular flexibility index (Phi) is 4.71. The molecule has 2 aliphatic rings. The zero-order valence-electron chi connectivity index (χ0n) is 12.5. The molecule has 1 atom stereocenters. The van der Waals surface area contributed by atoms with Crippen molar-refractivity contribution in [3.8, 4) is 0 Å². The van der Waals surface area contributed by atoms with Crippen LogP contribution in [0.4, 0.5) is 0 Å². The van der Waals surface area contributed by atoms with Gasteiger partial charge in [0.15, 0.2) is 0 Å². The summed E-state index contributed by atoms with van der Waals surface area (Å²) in [7, 11) is 0. The van der Waals surface area contributed by atoms with E-state index in [0.29, 0.717) is 6.10 Å². The fourth-order valence-corrected chi connectivity index (χ4v) is 2.84. The van der Waals surface area contributed by atoms with Gasteiger partial charge in [-0.25, -0.2) is 0 Å². The van der Waals surface area contributed by atoms with E-state index in [1.54, 1.807) is 0 Å². The molecule has 1 aliphatic carbocycles. The maximum absolute atomic E-state index is 5.76. The van der Waals surface area contributed by atoms with Gasteiger partial charge in [-0.15, -0.1) is 0 Å². The van der Waals surface area contributed by atoms with Crippen molar-refractivity contribution in [3.05, 3.63) is 35.4 Å². The highest BCUT2D eigenvalue weighted by Crippen LogP contribution is 2.21. The predicted octanol–water partition coefficient (Wildman–Crippen LogP) is 2.55. The maximum atomic E-state index is 5.76. The Hall–Kier alpha value is -0.900. The molecule has 20 heavy (non-hydrogen) atoms. The molecule has 1 unspecified atom stereocenters. The largest absolute Gasteiger partial charge is 0.376 e. The number of nitrogens with zero attached hydrogens (tertiary/aromatic N) is 1. The second kappa shape index (κ2) is 6.70. The molecule has 3 nitrogen and oxygen atoms in total. The first-order chi connectivity index (χ1) is 9.85. The average molecular weight is 274 g/mol. The van der Waals surface area contributed by atoms with E-state index in [0.717, 1.165) is 45.2 Å². The van der Waals surface area contributed by atoms with Crippen LogP contribution < -0.4 is 5.32 Å². The summed E-state index contributed by atoms with van der Waals surface area (Å²) in [5.41, 5.74) is 2.93. The van der Waals surface area contributed by atoms with Gasteiger partial charge in [0.2, 0.25) is 0 Å². The summed E-state index contributed by atoms with van der Waals surface area (Å²) >= 11 is 0. The minimum Gasteiger partial charge on any atom is -0.376 e. The third-order valence-electron chi connectivity index (χ3n) is 4.35. The molecule has 3 heteroatoms. The Morgan fingerprint density at radius 2 is 2.05 bits per heavy atom. The van der Waals surface area contributed by atoms with Gasteiger partial charge in [-0.3, -0.25) is 4.90 Å². The van der Waals surface area contributed by atoms with E-state index in [1.807, 2.05) is 0 Å². The molecule has 1 heterocycles. The summed E-state index contributed by atoms with van der Waals surface area (Å²) in [6.07, 6.45) is 4.23. The monoisotopic (exact) mass is 274 g/mol. The van der Waals surface area contributed by atoms with E-state index < -0.39 is 0 Å². The van der Waals surface area contributed by atoms with Crippen LogP contribution in [0.15, 0.2) is 24.3 Å². The van der Waals surface area contributed by atoms with Crippen molar-refractivity contribution < 1.29 is 4.74 Å². The molecule has 1 aliphatic heterocycles. The summed E-state index contributed by atoms with van der Waals surface area (Å²) in [6.45, 7) is 7.29. The Bertz CT molecular complexity index is 431. The van der Waals surface area contributed by atoms with Crippen LogP contribution in [-0.4, -0.2) is 36.7 Å². The number of morpholine rings is 1. The molecule has 0 aromatic heterocycles. The Morgan fingerprint density at radius 3 is 2.80 bits per heavy atom. The number of nitrogens with one attached hydrogen (secondary N) is 1. The molecule has 1 aromatic rings. The molecule has 0 bridgehead atoms. The van der Waals surface area contributed by atoms with E-state index in [4.69, 9.17) is 4.74 Å². The highest BCUT2D eigenvalue weighted by molar-refractivity contribution is 5.27. The van der Waals surface area contributed by atoms with Crippen molar-refractivity contribution in [2.75, 3.05) is 19.7 Å². The van der Waals surface area contributed by atoms with Crippen molar-refractivity contribution in [1.29, 1.82) is 0 Å². The van der Waals surface area contributed by atoms with Gasteiger partial charge in [-0.1, -0.05) is 31.2 Å². The van der Waals surface area contributed by atoms with Crippen molar-refractivity contribution in [1.82, 2.24) is 10.2 Å². The second-order valence-corrected chi connectivity index (χ2v) is 6.06. The van der Waals surface area contributed by atoms with E-state index in [2.05, 4.69) is 41.4 Å². The third-order valence-corrected chi connectivity index (χ3v) is 4.35. The van der Waals surface area contributed by atoms with Crippen LogP contribution in [0, 0.1) is 0 Å². The Morgan fingerprint density at radius 1 is 1.25 bits per heavy atom. The first-order valence-corrected chi connectivity index (χ1v) is 7.99. The molecule has 1 N–H and O–H groups in total. The molecule has 110 valence electrons. The highest BCUT2D eigenvalue weighted by atomic mass is 16.5. The summed E-state index contributed by atoms with van der Waals surface area (Å²) in [5, 5.41) is 3.63. The maximum Gasteiger partial charge on any atom is 0.0700 e.